The topological polar surface area (TPSA) is 53.1 Å². The summed E-state index contributed by atoms with van der Waals surface area (Å²) in [7, 11) is 0. The van der Waals surface area contributed by atoms with Crippen LogP contribution in [0.3, 0.4) is 0 Å². The summed E-state index contributed by atoms with van der Waals surface area (Å²) in [5.41, 5.74) is 8.25. The van der Waals surface area contributed by atoms with Crippen LogP contribution in [0, 0.1) is 0 Å². The van der Waals surface area contributed by atoms with Crippen LogP contribution < -0.4 is 10.5 Å². The van der Waals surface area contributed by atoms with E-state index in [1.54, 1.807) is 0 Å². The molecule has 0 radical (unpaired) electrons. The van der Waals surface area contributed by atoms with Crippen molar-refractivity contribution in [2.45, 2.75) is 45.6 Å². The minimum atomic E-state index is 0.481. The number of nitrogens with zero attached hydrogens (tertiary/aromatic N) is 2. The van der Waals surface area contributed by atoms with Gasteiger partial charge in [0, 0.05) is 18.0 Å². The Morgan fingerprint density at radius 2 is 2.29 bits per heavy atom. The highest BCUT2D eigenvalue weighted by atomic mass is 16.5. The SMILES string of the molecule is CCCOc1cccc(-c2nc3n(c2N)CCCC3C)c1. The van der Waals surface area contributed by atoms with Gasteiger partial charge in [0.05, 0.1) is 6.61 Å². The lowest BCUT2D eigenvalue weighted by atomic mass is 10.0. The Labute approximate surface area is 125 Å². The van der Waals surface area contributed by atoms with E-state index < -0.39 is 0 Å². The number of ether oxygens (including phenoxy) is 1. The van der Waals surface area contributed by atoms with Crippen molar-refractivity contribution in [3.05, 3.63) is 30.1 Å². The van der Waals surface area contributed by atoms with Gasteiger partial charge in [0.2, 0.25) is 0 Å². The fourth-order valence-corrected chi connectivity index (χ4v) is 2.94. The first kappa shape index (κ1) is 14.0. The third-order valence-electron chi connectivity index (χ3n) is 4.08. The second-order valence-corrected chi connectivity index (χ2v) is 5.78. The average Bonchev–Trinajstić information content (AvgIpc) is 2.84. The maximum Gasteiger partial charge on any atom is 0.131 e. The summed E-state index contributed by atoms with van der Waals surface area (Å²) in [4.78, 5) is 4.81. The van der Waals surface area contributed by atoms with Crippen LogP contribution in [0.15, 0.2) is 24.3 Å². The first-order valence-corrected chi connectivity index (χ1v) is 7.79. The molecule has 1 aliphatic rings. The molecule has 1 atom stereocenters. The molecule has 2 N–H and O–H groups in total. The summed E-state index contributed by atoms with van der Waals surface area (Å²) in [6.45, 7) is 6.04. The quantitative estimate of drug-likeness (QED) is 0.929. The minimum Gasteiger partial charge on any atom is -0.494 e. The highest BCUT2D eigenvalue weighted by molar-refractivity contribution is 5.72. The minimum absolute atomic E-state index is 0.481. The molecular formula is C17H23N3O. The summed E-state index contributed by atoms with van der Waals surface area (Å²) in [5, 5.41) is 0. The summed E-state index contributed by atoms with van der Waals surface area (Å²) >= 11 is 0. The number of hydrogen-bond donors (Lipinski definition) is 1. The highest BCUT2D eigenvalue weighted by Crippen LogP contribution is 2.35. The van der Waals surface area contributed by atoms with E-state index in [0.29, 0.717) is 5.92 Å². The van der Waals surface area contributed by atoms with Crippen molar-refractivity contribution in [3.8, 4) is 17.0 Å². The van der Waals surface area contributed by atoms with Crippen molar-refractivity contribution in [1.82, 2.24) is 9.55 Å². The second kappa shape index (κ2) is 5.80. The van der Waals surface area contributed by atoms with E-state index in [4.69, 9.17) is 15.5 Å². The van der Waals surface area contributed by atoms with Crippen LogP contribution >= 0.6 is 0 Å². The normalized spacial score (nSPS) is 17.5. The fourth-order valence-electron chi connectivity index (χ4n) is 2.94. The molecule has 2 heterocycles. The molecule has 4 nitrogen and oxygen atoms in total. The Morgan fingerprint density at radius 1 is 1.43 bits per heavy atom. The molecule has 0 bridgehead atoms. The monoisotopic (exact) mass is 285 g/mol. The Balaban J connectivity index is 1.97. The van der Waals surface area contributed by atoms with Crippen LogP contribution in [-0.4, -0.2) is 16.2 Å². The molecule has 2 aromatic rings. The molecule has 3 rings (SSSR count). The van der Waals surface area contributed by atoms with Gasteiger partial charge in [0.15, 0.2) is 0 Å². The number of nitrogen functional groups attached to an aromatic ring is 1. The Morgan fingerprint density at radius 3 is 3.05 bits per heavy atom. The first-order valence-electron chi connectivity index (χ1n) is 7.79. The molecule has 1 unspecified atom stereocenters. The fraction of sp³-hybridized carbons (Fsp3) is 0.471. The van der Waals surface area contributed by atoms with Crippen molar-refractivity contribution in [2.75, 3.05) is 12.3 Å². The molecule has 0 aliphatic carbocycles. The van der Waals surface area contributed by atoms with Gasteiger partial charge in [-0.3, -0.25) is 0 Å². The molecule has 0 saturated carbocycles. The molecule has 0 fully saturated rings. The number of hydrogen-bond acceptors (Lipinski definition) is 3. The molecule has 0 amide bonds. The number of imidazole rings is 1. The zero-order valence-electron chi connectivity index (χ0n) is 12.8. The molecule has 0 saturated heterocycles. The van der Waals surface area contributed by atoms with Crippen molar-refractivity contribution in [2.24, 2.45) is 0 Å². The van der Waals surface area contributed by atoms with E-state index in [9.17, 15) is 0 Å². The van der Waals surface area contributed by atoms with E-state index in [-0.39, 0.29) is 0 Å². The van der Waals surface area contributed by atoms with Crippen LogP contribution in [0.25, 0.3) is 11.3 Å². The van der Waals surface area contributed by atoms with Crippen LogP contribution in [0.1, 0.15) is 44.9 Å². The molecule has 4 heteroatoms. The predicted molar refractivity (Wildman–Crippen MR) is 85.5 cm³/mol. The molecule has 1 aliphatic heterocycles. The Hall–Kier alpha value is -1.97. The predicted octanol–water partition coefficient (Wildman–Crippen LogP) is 3.82. The van der Waals surface area contributed by atoms with Crippen molar-refractivity contribution in [1.29, 1.82) is 0 Å². The van der Waals surface area contributed by atoms with Gasteiger partial charge in [-0.1, -0.05) is 26.0 Å². The molecular weight excluding hydrogens is 262 g/mol. The zero-order valence-corrected chi connectivity index (χ0v) is 12.8. The zero-order chi connectivity index (χ0) is 14.8. The van der Waals surface area contributed by atoms with Gasteiger partial charge in [-0.05, 0) is 31.4 Å². The molecule has 0 spiro atoms. The maximum absolute atomic E-state index is 6.33. The smallest absolute Gasteiger partial charge is 0.131 e. The Kier molecular flexibility index (Phi) is 3.86. The van der Waals surface area contributed by atoms with Crippen LogP contribution in [-0.2, 0) is 6.54 Å². The summed E-state index contributed by atoms with van der Waals surface area (Å²) in [5.74, 6) is 3.26. The average molecular weight is 285 g/mol. The number of rotatable bonds is 4. The lowest BCUT2D eigenvalue weighted by Crippen LogP contribution is -2.15. The van der Waals surface area contributed by atoms with Gasteiger partial charge < -0.3 is 15.0 Å². The molecule has 21 heavy (non-hydrogen) atoms. The van der Waals surface area contributed by atoms with E-state index in [0.717, 1.165) is 48.2 Å². The van der Waals surface area contributed by atoms with Gasteiger partial charge in [0.25, 0.3) is 0 Å². The number of anilines is 1. The van der Waals surface area contributed by atoms with E-state index in [1.165, 1.54) is 12.8 Å². The van der Waals surface area contributed by atoms with E-state index in [2.05, 4.69) is 18.4 Å². The largest absolute Gasteiger partial charge is 0.494 e. The van der Waals surface area contributed by atoms with Crippen molar-refractivity contribution < 1.29 is 4.74 Å². The summed E-state index contributed by atoms with van der Waals surface area (Å²) < 4.78 is 7.87. The van der Waals surface area contributed by atoms with Crippen LogP contribution in [0.5, 0.6) is 5.75 Å². The van der Waals surface area contributed by atoms with Crippen LogP contribution in [0.2, 0.25) is 0 Å². The lowest BCUT2D eigenvalue weighted by Gasteiger charge is -2.20. The number of aromatic nitrogens is 2. The van der Waals surface area contributed by atoms with Gasteiger partial charge in [-0.2, -0.15) is 0 Å². The van der Waals surface area contributed by atoms with Crippen molar-refractivity contribution in [3.63, 3.8) is 0 Å². The molecule has 112 valence electrons. The molecule has 1 aromatic heterocycles. The highest BCUT2D eigenvalue weighted by Gasteiger charge is 2.23. The number of benzene rings is 1. The van der Waals surface area contributed by atoms with E-state index >= 15 is 0 Å². The standard InChI is InChI=1S/C17H23N3O/c1-3-10-21-14-8-4-7-13(11-14)15-16(18)20-9-5-6-12(2)17(20)19-15/h4,7-8,11-12H,3,5-6,9-10,18H2,1-2H3. The first-order chi connectivity index (χ1) is 10.2. The molecule has 1 aromatic carbocycles. The van der Waals surface area contributed by atoms with Gasteiger partial charge in [-0.25, -0.2) is 4.98 Å². The second-order valence-electron chi connectivity index (χ2n) is 5.78. The summed E-state index contributed by atoms with van der Waals surface area (Å²) in [6.07, 6.45) is 3.37. The van der Waals surface area contributed by atoms with Crippen molar-refractivity contribution >= 4 is 5.82 Å². The third-order valence-corrected chi connectivity index (χ3v) is 4.08. The Bertz CT molecular complexity index is 633. The van der Waals surface area contributed by atoms with E-state index in [1.807, 2.05) is 24.3 Å². The van der Waals surface area contributed by atoms with Crippen LogP contribution in [0.4, 0.5) is 5.82 Å². The summed E-state index contributed by atoms with van der Waals surface area (Å²) in [6, 6.07) is 8.06. The number of fused-ring (bicyclic) bond motifs is 1. The third kappa shape index (κ3) is 2.62. The lowest BCUT2D eigenvalue weighted by molar-refractivity contribution is 0.317. The number of nitrogens with two attached hydrogens (primary N) is 1. The van der Waals surface area contributed by atoms with Gasteiger partial charge in [0.1, 0.15) is 23.1 Å². The van der Waals surface area contributed by atoms with Gasteiger partial charge in [-0.15, -0.1) is 0 Å². The maximum atomic E-state index is 6.33. The van der Waals surface area contributed by atoms with Gasteiger partial charge >= 0.3 is 0 Å².